The molecule has 0 aromatic carbocycles. The summed E-state index contributed by atoms with van der Waals surface area (Å²) >= 11 is 1.35. The van der Waals surface area contributed by atoms with Crippen molar-refractivity contribution in [3.63, 3.8) is 0 Å². The van der Waals surface area contributed by atoms with Gasteiger partial charge in [0.05, 0.1) is 12.0 Å². The van der Waals surface area contributed by atoms with E-state index >= 15 is 0 Å². The maximum Gasteiger partial charge on any atom is 0.356 e. The monoisotopic (exact) mass is 295 g/mol. The molecule has 0 aliphatic heterocycles. The molecule has 0 unspecified atom stereocenters. The highest BCUT2D eigenvalue weighted by Crippen LogP contribution is 2.13. The summed E-state index contributed by atoms with van der Waals surface area (Å²) in [7, 11) is 0. The lowest BCUT2D eigenvalue weighted by Gasteiger charge is -2.05. The van der Waals surface area contributed by atoms with Crippen LogP contribution in [0.1, 0.15) is 16.2 Å². The number of carbonyl (C=O) groups is 2. The molecule has 0 aliphatic carbocycles. The Morgan fingerprint density at radius 3 is 2.90 bits per heavy atom. The number of rotatable bonds is 5. The lowest BCUT2D eigenvalue weighted by Crippen LogP contribution is -2.31. The second kappa shape index (κ2) is 6.15. The molecule has 2 rings (SSSR count). The van der Waals surface area contributed by atoms with Crippen molar-refractivity contribution in [3.05, 3.63) is 29.3 Å². The molecule has 0 radical (unpaired) electrons. The van der Waals surface area contributed by atoms with E-state index in [1.165, 1.54) is 23.9 Å². The normalized spacial score (nSPS) is 10.2. The van der Waals surface area contributed by atoms with Crippen molar-refractivity contribution in [1.29, 1.82) is 0 Å². The first-order valence-electron chi connectivity index (χ1n) is 5.76. The number of hydrogen-bond acceptors (Lipinski definition) is 5. The average molecular weight is 295 g/mol. The number of carbonyl (C=O) groups excluding carboxylic acids is 1. The van der Waals surface area contributed by atoms with Crippen molar-refractivity contribution in [3.8, 4) is 0 Å². The largest absolute Gasteiger partial charge is 0.476 e. The maximum absolute atomic E-state index is 11.6. The summed E-state index contributed by atoms with van der Waals surface area (Å²) in [5.41, 5.74) is 0.831. The van der Waals surface area contributed by atoms with Gasteiger partial charge in [-0.05, 0) is 6.92 Å². The summed E-state index contributed by atoms with van der Waals surface area (Å²) in [4.78, 5) is 30.0. The smallest absolute Gasteiger partial charge is 0.356 e. The van der Waals surface area contributed by atoms with E-state index in [9.17, 15) is 9.59 Å². The number of amides is 2. The molecule has 2 aromatic rings. The highest BCUT2D eigenvalue weighted by Gasteiger charge is 2.07. The second-order valence-corrected chi connectivity index (χ2v) is 4.83. The number of aromatic nitrogens is 3. The molecule has 8 nitrogen and oxygen atoms in total. The quantitative estimate of drug-likeness (QED) is 0.767. The van der Waals surface area contributed by atoms with Crippen molar-refractivity contribution in [2.45, 2.75) is 13.5 Å². The fourth-order valence-corrected chi connectivity index (χ4v) is 2.13. The van der Waals surface area contributed by atoms with Crippen LogP contribution >= 0.6 is 11.3 Å². The highest BCUT2D eigenvalue weighted by atomic mass is 32.1. The van der Waals surface area contributed by atoms with Crippen LogP contribution in [0.4, 0.5) is 9.93 Å². The Morgan fingerprint density at radius 1 is 1.50 bits per heavy atom. The summed E-state index contributed by atoms with van der Waals surface area (Å²) in [6.45, 7) is 2.63. The molecule has 0 saturated carbocycles. The van der Waals surface area contributed by atoms with Crippen LogP contribution in [0, 0.1) is 6.92 Å². The predicted molar refractivity (Wildman–Crippen MR) is 73.1 cm³/mol. The maximum atomic E-state index is 11.6. The minimum atomic E-state index is -1.08. The predicted octanol–water partition coefficient (Wildman–Crippen LogP) is 1.17. The molecule has 0 saturated heterocycles. The molecule has 0 aliphatic rings. The number of thiazole rings is 1. The summed E-state index contributed by atoms with van der Waals surface area (Å²) < 4.78 is 1.59. The van der Waals surface area contributed by atoms with Crippen LogP contribution in [-0.2, 0) is 6.54 Å². The molecule has 2 heterocycles. The van der Waals surface area contributed by atoms with Crippen LogP contribution in [0.5, 0.6) is 0 Å². The minimum absolute atomic E-state index is 0.0206. The van der Waals surface area contributed by atoms with Gasteiger partial charge in [0.25, 0.3) is 0 Å². The van der Waals surface area contributed by atoms with Gasteiger partial charge in [0.2, 0.25) is 0 Å². The number of hydrogen-bond donors (Lipinski definition) is 3. The van der Waals surface area contributed by atoms with Crippen LogP contribution < -0.4 is 10.6 Å². The van der Waals surface area contributed by atoms with E-state index in [-0.39, 0.29) is 11.7 Å². The lowest BCUT2D eigenvalue weighted by molar-refractivity contribution is 0.0691. The second-order valence-electron chi connectivity index (χ2n) is 3.98. The van der Waals surface area contributed by atoms with E-state index in [1.807, 2.05) is 12.3 Å². The van der Waals surface area contributed by atoms with Gasteiger partial charge in [-0.1, -0.05) is 0 Å². The zero-order valence-electron chi connectivity index (χ0n) is 10.7. The Morgan fingerprint density at radius 2 is 2.30 bits per heavy atom. The van der Waals surface area contributed by atoms with Crippen LogP contribution in [0.2, 0.25) is 0 Å². The SMILES string of the molecule is Cc1csc(NC(=O)NCCn2cnc(C(=O)O)c2)n1. The number of nitrogens with zero attached hydrogens (tertiary/aromatic N) is 3. The van der Waals surface area contributed by atoms with Crippen LogP contribution in [0.3, 0.4) is 0 Å². The third kappa shape index (κ3) is 3.79. The summed E-state index contributed by atoms with van der Waals surface area (Å²) in [6, 6.07) is -0.349. The van der Waals surface area contributed by atoms with E-state index in [0.717, 1.165) is 5.69 Å². The molecular formula is C11H13N5O3S. The van der Waals surface area contributed by atoms with Crippen LogP contribution in [0.15, 0.2) is 17.9 Å². The fourth-order valence-electron chi connectivity index (χ4n) is 1.44. The summed E-state index contributed by atoms with van der Waals surface area (Å²) in [5, 5.41) is 16.4. The van der Waals surface area contributed by atoms with E-state index in [2.05, 4.69) is 20.6 Å². The molecule has 20 heavy (non-hydrogen) atoms. The topological polar surface area (TPSA) is 109 Å². The molecule has 2 amide bonds. The number of aryl methyl sites for hydroxylation is 1. The Bertz CT molecular complexity index is 621. The van der Waals surface area contributed by atoms with Crippen molar-refractivity contribution < 1.29 is 14.7 Å². The molecule has 9 heteroatoms. The molecule has 0 fully saturated rings. The first kappa shape index (κ1) is 14.0. The molecule has 2 aromatic heterocycles. The number of anilines is 1. The molecule has 3 N–H and O–H groups in total. The van der Waals surface area contributed by atoms with Gasteiger partial charge in [0, 0.05) is 24.7 Å². The van der Waals surface area contributed by atoms with Crippen molar-refractivity contribution in [2.75, 3.05) is 11.9 Å². The summed E-state index contributed by atoms with van der Waals surface area (Å²) in [5.74, 6) is -1.08. The zero-order valence-corrected chi connectivity index (χ0v) is 11.5. The average Bonchev–Trinajstić information content (AvgIpc) is 2.99. The standard InChI is InChI=1S/C11H13N5O3S/c1-7-5-20-11(14-7)15-10(19)12-2-3-16-4-8(9(17)18)13-6-16/h4-6H,2-3H2,1H3,(H,17,18)(H2,12,14,15,19). The number of imidazole rings is 1. The Kier molecular flexibility index (Phi) is 4.31. The van der Waals surface area contributed by atoms with Gasteiger partial charge in [0.15, 0.2) is 10.8 Å². The molecule has 106 valence electrons. The van der Waals surface area contributed by atoms with Crippen molar-refractivity contribution >= 4 is 28.5 Å². The van der Waals surface area contributed by atoms with Gasteiger partial charge in [0.1, 0.15) is 0 Å². The number of carboxylic acid groups (broad SMARTS) is 1. The first-order valence-corrected chi connectivity index (χ1v) is 6.64. The number of aromatic carboxylic acids is 1. The summed E-state index contributed by atoms with van der Waals surface area (Å²) in [6.07, 6.45) is 2.82. The van der Waals surface area contributed by atoms with Gasteiger partial charge in [-0.25, -0.2) is 19.6 Å². The Labute approximate surface area is 118 Å². The van der Waals surface area contributed by atoms with Crippen molar-refractivity contribution in [2.24, 2.45) is 0 Å². The van der Waals surface area contributed by atoms with E-state index in [1.54, 1.807) is 4.57 Å². The lowest BCUT2D eigenvalue weighted by atomic mass is 10.5. The van der Waals surface area contributed by atoms with Gasteiger partial charge in [-0.3, -0.25) is 5.32 Å². The van der Waals surface area contributed by atoms with Gasteiger partial charge >= 0.3 is 12.0 Å². The Hall–Kier alpha value is -2.42. The minimum Gasteiger partial charge on any atom is -0.476 e. The highest BCUT2D eigenvalue weighted by molar-refractivity contribution is 7.13. The van der Waals surface area contributed by atoms with Gasteiger partial charge in [-0.2, -0.15) is 0 Å². The van der Waals surface area contributed by atoms with Crippen LogP contribution in [-0.4, -0.2) is 38.2 Å². The first-order chi connectivity index (χ1) is 9.54. The van der Waals surface area contributed by atoms with Gasteiger partial charge < -0.3 is 15.0 Å². The molecule has 0 spiro atoms. The third-order valence-corrected chi connectivity index (χ3v) is 3.22. The van der Waals surface area contributed by atoms with Crippen LogP contribution in [0.25, 0.3) is 0 Å². The fraction of sp³-hybridized carbons (Fsp3) is 0.273. The number of nitrogens with one attached hydrogen (secondary N) is 2. The van der Waals surface area contributed by atoms with E-state index in [0.29, 0.717) is 18.2 Å². The molecule has 0 bridgehead atoms. The van der Waals surface area contributed by atoms with E-state index < -0.39 is 5.97 Å². The van der Waals surface area contributed by atoms with Gasteiger partial charge in [-0.15, -0.1) is 11.3 Å². The third-order valence-electron chi connectivity index (χ3n) is 2.35. The molecule has 0 atom stereocenters. The Balaban J connectivity index is 1.74. The number of urea groups is 1. The molecular weight excluding hydrogens is 282 g/mol. The number of carboxylic acids is 1. The zero-order chi connectivity index (χ0) is 14.5. The van der Waals surface area contributed by atoms with E-state index in [4.69, 9.17) is 5.11 Å². The van der Waals surface area contributed by atoms with Crippen molar-refractivity contribution in [1.82, 2.24) is 19.9 Å².